The fourth-order valence-electron chi connectivity index (χ4n) is 1.13. The Balaban J connectivity index is 3.03. The van der Waals surface area contributed by atoms with Gasteiger partial charge in [-0.25, -0.2) is 13.2 Å². The summed E-state index contributed by atoms with van der Waals surface area (Å²) >= 11 is 5.59. The van der Waals surface area contributed by atoms with Crippen LogP contribution in [0.3, 0.4) is 0 Å². The molecule has 1 aromatic rings. The number of nitrogens with one attached hydrogen (secondary N) is 1. The highest BCUT2D eigenvalue weighted by atomic mass is 35.5. The van der Waals surface area contributed by atoms with Crippen molar-refractivity contribution < 1.29 is 28.2 Å². The van der Waals surface area contributed by atoms with Crippen molar-refractivity contribution in [2.75, 3.05) is 10.5 Å². The summed E-state index contributed by atoms with van der Waals surface area (Å²) in [4.78, 5) is 21.1. The van der Waals surface area contributed by atoms with Gasteiger partial charge in [0, 0.05) is 5.69 Å². The Kier molecular flexibility index (Phi) is 4.15. The molecule has 3 N–H and O–H groups in total. The highest BCUT2D eigenvalue weighted by Gasteiger charge is 2.17. The van der Waals surface area contributed by atoms with Crippen LogP contribution >= 0.6 is 11.6 Å². The van der Waals surface area contributed by atoms with E-state index < -0.39 is 27.7 Å². The van der Waals surface area contributed by atoms with Crippen LogP contribution < -0.4 is 4.72 Å². The molecule has 0 radical (unpaired) electrons. The topological polar surface area (TPSA) is 121 Å². The summed E-state index contributed by atoms with van der Waals surface area (Å²) < 4.78 is 24.5. The summed E-state index contributed by atoms with van der Waals surface area (Å²) in [6.45, 7) is 0. The fourth-order valence-corrected chi connectivity index (χ4v) is 2.21. The van der Waals surface area contributed by atoms with Crippen molar-refractivity contribution in [1.82, 2.24) is 0 Å². The van der Waals surface area contributed by atoms with Crippen LogP contribution in [0.25, 0.3) is 0 Å². The van der Waals surface area contributed by atoms with E-state index in [1.807, 2.05) is 4.72 Å². The predicted octanol–water partition coefficient (Wildman–Crippen LogP) is 0.865. The van der Waals surface area contributed by atoms with Crippen LogP contribution in [-0.4, -0.2) is 36.3 Å². The molecule has 0 aliphatic rings. The molecule has 0 amide bonds. The van der Waals surface area contributed by atoms with Gasteiger partial charge in [-0.1, -0.05) is 11.6 Å². The van der Waals surface area contributed by atoms with Crippen molar-refractivity contribution in [3.8, 4) is 0 Å². The van der Waals surface area contributed by atoms with E-state index >= 15 is 0 Å². The molecule has 0 fully saturated rings. The van der Waals surface area contributed by atoms with Crippen molar-refractivity contribution in [2.24, 2.45) is 0 Å². The Labute approximate surface area is 107 Å². The molecule has 0 bridgehead atoms. The van der Waals surface area contributed by atoms with E-state index in [9.17, 15) is 18.0 Å². The Bertz CT molecular complexity index is 597. The molecule has 98 valence electrons. The maximum absolute atomic E-state index is 11.3. The van der Waals surface area contributed by atoms with Crippen LogP contribution in [-0.2, 0) is 14.8 Å². The smallest absolute Gasteiger partial charge is 0.337 e. The minimum atomic E-state index is -4.07. The Hall–Kier alpha value is -1.80. The molecule has 18 heavy (non-hydrogen) atoms. The third-order valence-corrected chi connectivity index (χ3v) is 3.29. The Morgan fingerprint density at radius 1 is 1.28 bits per heavy atom. The lowest BCUT2D eigenvalue weighted by Gasteiger charge is -2.07. The lowest BCUT2D eigenvalue weighted by atomic mass is 10.2. The van der Waals surface area contributed by atoms with Gasteiger partial charge in [-0.3, -0.25) is 9.52 Å². The van der Waals surface area contributed by atoms with Gasteiger partial charge >= 0.3 is 11.9 Å². The van der Waals surface area contributed by atoms with Gasteiger partial charge in [0.1, 0.15) is 0 Å². The number of benzene rings is 1. The number of aromatic carboxylic acids is 1. The van der Waals surface area contributed by atoms with Crippen LogP contribution in [0, 0.1) is 0 Å². The van der Waals surface area contributed by atoms with E-state index in [1.165, 1.54) is 12.1 Å². The third kappa shape index (κ3) is 3.90. The molecule has 0 aromatic heterocycles. The second kappa shape index (κ2) is 5.23. The average molecular weight is 294 g/mol. The van der Waals surface area contributed by atoms with Crippen molar-refractivity contribution >= 4 is 39.3 Å². The van der Waals surface area contributed by atoms with Gasteiger partial charge in [0.25, 0.3) is 0 Å². The van der Waals surface area contributed by atoms with E-state index in [-0.39, 0.29) is 16.3 Å². The highest BCUT2D eigenvalue weighted by molar-refractivity contribution is 7.93. The molecule has 9 heteroatoms. The van der Waals surface area contributed by atoms with Gasteiger partial charge in [0.15, 0.2) is 5.75 Å². The van der Waals surface area contributed by atoms with Gasteiger partial charge in [-0.05, 0) is 18.2 Å². The van der Waals surface area contributed by atoms with Crippen LogP contribution in [0.15, 0.2) is 18.2 Å². The van der Waals surface area contributed by atoms with E-state index in [0.717, 1.165) is 6.07 Å². The van der Waals surface area contributed by atoms with Crippen LogP contribution in [0.1, 0.15) is 10.4 Å². The molecule has 0 atom stereocenters. The minimum Gasteiger partial charge on any atom is -0.480 e. The molecule has 0 saturated carbocycles. The zero-order valence-corrected chi connectivity index (χ0v) is 10.3. The number of carbonyl (C=O) groups is 2. The molecular formula is C9H8ClNO6S. The van der Waals surface area contributed by atoms with Gasteiger partial charge in [0.2, 0.25) is 10.0 Å². The molecule has 7 nitrogen and oxygen atoms in total. The van der Waals surface area contributed by atoms with Crippen LogP contribution in [0.2, 0.25) is 5.02 Å². The van der Waals surface area contributed by atoms with Gasteiger partial charge in [-0.15, -0.1) is 0 Å². The second-order valence-electron chi connectivity index (χ2n) is 3.25. The average Bonchev–Trinajstić information content (AvgIpc) is 2.18. The predicted molar refractivity (Wildman–Crippen MR) is 63.5 cm³/mol. The standard InChI is InChI=1S/C9H8ClNO6S/c10-7-2-1-5(3-6(7)9(14)15)11-18(16,17)4-8(12)13/h1-3,11H,4H2,(H,12,13)(H,14,15). The van der Waals surface area contributed by atoms with Crippen molar-refractivity contribution in [2.45, 2.75) is 0 Å². The summed E-state index contributed by atoms with van der Waals surface area (Å²) in [5.41, 5.74) is -0.356. The normalized spacial score (nSPS) is 10.9. The van der Waals surface area contributed by atoms with Gasteiger partial charge in [0.05, 0.1) is 10.6 Å². The largest absolute Gasteiger partial charge is 0.480 e. The molecule has 1 rings (SSSR count). The first-order valence-electron chi connectivity index (χ1n) is 4.46. The lowest BCUT2D eigenvalue weighted by Crippen LogP contribution is -2.22. The summed E-state index contributed by atoms with van der Waals surface area (Å²) in [6, 6.07) is 3.43. The number of carboxylic acid groups (broad SMARTS) is 2. The van der Waals surface area contributed by atoms with E-state index in [2.05, 4.69) is 0 Å². The zero-order chi connectivity index (χ0) is 13.9. The number of carboxylic acids is 2. The number of aliphatic carboxylic acids is 1. The molecule has 0 saturated heterocycles. The van der Waals surface area contributed by atoms with Crippen LogP contribution in [0.5, 0.6) is 0 Å². The zero-order valence-electron chi connectivity index (χ0n) is 8.75. The number of hydrogen-bond donors (Lipinski definition) is 3. The maximum Gasteiger partial charge on any atom is 0.337 e. The Morgan fingerprint density at radius 3 is 2.39 bits per heavy atom. The van der Waals surface area contributed by atoms with E-state index in [4.69, 9.17) is 21.8 Å². The second-order valence-corrected chi connectivity index (χ2v) is 5.38. The van der Waals surface area contributed by atoms with Crippen molar-refractivity contribution in [1.29, 1.82) is 0 Å². The maximum atomic E-state index is 11.3. The van der Waals surface area contributed by atoms with Crippen molar-refractivity contribution in [3.05, 3.63) is 28.8 Å². The Morgan fingerprint density at radius 2 is 1.89 bits per heavy atom. The monoisotopic (exact) mass is 293 g/mol. The minimum absolute atomic E-state index is 0.0521. The molecule has 0 spiro atoms. The van der Waals surface area contributed by atoms with E-state index in [1.54, 1.807) is 0 Å². The number of halogens is 1. The van der Waals surface area contributed by atoms with E-state index in [0.29, 0.717) is 0 Å². The molecule has 0 aliphatic heterocycles. The first-order valence-corrected chi connectivity index (χ1v) is 6.49. The quantitative estimate of drug-likeness (QED) is 0.740. The van der Waals surface area contributed by atoms with Gasteiger partial charge in [-0.2, -0.15) is 0 Å². The summed E-state index contributed by atoms with van der Waals surface area (Å²) in [5.74, 6) is -3.95. The summed E-state index contributed by atoms with van der Waals surface area (Å²) in [5, 5.41) is 17.1. The summed E-state index contributed by atoms with van der Waals surface area (Å²) in [7, 11) is -4.07. The van der Waals surface area contributed by atoms with Crippen LogP contribution in [0.4, 0.5) is 5.69 Å². The highest BCUT2D eigenvalue weighted by Crippen LogP contribution is 2.21. The molecule has 0 unspecified atom stereocenters. The number of hydrogen-bond acceptors (Lipinski definition) is 4. The first-order chi connectivity index (χ1) is 8.21. The summed E-state index contributed by atoms with van der Waals surface area (Å²) in [6.07, 6.45) is 0. The molecule has 0 heterocycles. The number of sulfonamides is 1. The SMILES string of the molecule is O=C(O)CS(=O)(=O)Nc1ccc(Cl)c(C(=O)O)c1. The first kappa shape index (κ1) is 14.3. The van der Waals surface area contributed by atoms with Crippen molar-refractivity contribution in [3.63, 3.8) is 0 Å². The number of anilines is 1. The molecular weight excluding hydrogens is 286 g/mol. The molecule has 1 aromatic carbocycles. The number of rotatable bonds is 5. The third-order valence-electron chi connectivity index (χ3n) is 1.78. The lowest BCUT2D eigenvalue weighted by molar-refractivity contribution is -0.134. The molecule has 0 aliphatic carbocycles. The fraction of sp³-hybridized carbons (Fsp3) is 0.111. The van der Waals surface area contributed by atoms with Gasteiger partial charge < -0.3 is 10.2 Å².